The van der Waals surface area contributed by atoms with Crippen molar-refractivity contribution in [3.63, 3.8) is 0 Å². The standard InChI is InChI=1S/C9H14N4O8/c14-2-4(16)6(17)3(15)1-10-7-5(13(20)21)8(18)12-9(19)11-7/h3-4,6,14-17H,1-2H2,(H3,10,11,12,18,19). The first-order valence-corrected chi connectivity index (χ1v) is 5.67. The molecule has 12 nitrogen and oxygen atoms in total. The minimum Gasteiger partial charge on any atom is -0.394 e. The highest BCUT2D eigenvalue weighted by molar-refractivity contribution is 5.53. The van der Waals surface area contributed by atoms with E-state index in [-0.39, 0.29) is 0 Å². The zero-order valence-electron chi connectivity index (χ0n) is 10.5. The molecule has 3 unspecified atom stereocenters. The van der Waals surface area contributed by atoms with E-state index in [1.165, 1.54) is 0 Å². The minimum atomic E-state index is -1.73. The van der Waals surface area contributed by atoms with E-state index in [2.05, 4.69) is 5.32 Å². The summed E-state index contributed by atoms with van der Waals surface area (Å²) in [5.41, 5.74) is -3.21. The Morgan fingerprint density at radius 1 is 1.19 bits per heavy atom. The molecule has 0 aliphatic carbocycles. The van der Waals surface area contributed by atoms with Crippen molar-refractivity contribution in [1.29, 1.82) is 0 Å². The number of nitrogens with one attached hydrogen (secondary N) is 3. The molecule has 12 heteroatoms. The topological polar surface area (TPSA) is 202 Å². The van der Waals surface area contributed by atoms with Crippen LogP contribution < -0.4 is 16.6 Å². The zero-order valence-corrected chi connectivity index (χ0v) is 10.5. The Kier molecular flexibility index (Phi) is 5.54. The maximum Gasteiger partial charge on any atom is 0.373 e. The molecule has 0 fully saturated rings. The maximum absolute atomic E-state index is 11.3. The summed E-state index contributed by atoms with van der Waals surface area (Å²) in [6.45, 7) is -1.33. The summed E-state index contributed by atoms with van der Waals surface area (Å²) in [5.74, 6) is -0.557. The van der Waals surface area contributed by atoms with Crippen LogP contribution in [0.15, 0.2) is 9.59 Å². The first-order valence-electron chi connectivity index (χ1n) is 5.67. The minimum absolute atomic E-state index is 0.529. The molecule has 21 heavy (non-hydrogen) atoms. The summed E-state index contributed by atoms with van der Waals surface area (Å²) in [7, 11) is 0. The predicted molar refractivity (Wildman–Crippen MR) is 67.9 cm³/mol. The van der Waals surface area contributed by atoms with Gasteiger partial charge < -0.3 is 25.7 Å². The van der Waals surface area contributed by atoms with Crippen LogP contribution in [0.4, 0.5) is 11.5 Å². The summed E-state index contributed by atoms with van der Waals surface area (Å²) in [6.07, 6.45) is -4.96. The number of anilines is 1. The van der Waals surface area contributed by atoms with Crippen molar-refractivity contribution in [3.05, 3.63) is 31.0 Å². The van der Waals surface area contributed by atoms with Crippen LogP contribution in [0, 0.1) is 10.1 Å². The number of aromatic nitrogens is 2. The van der Waals surface area contributed by atoms with E-state index < -0.39 is 59.1 Å². The Morgan fingerprint density at radius 2 is 1.81 bits per heavy atom. The number of aliphatic hydroxyl groups is 4. The molecule has 7 N–H and O–H groups in total. The van der Waals surface area contributed by atoms with Crippen molar-refractivity contribution in [1.82, 2.24) is 9.97 Å². The first kappa shape index (κ1) is 16.8. The molecule has 3 atom stereocenters. The largest absolute Gasteiger partial charge is 0.394 e. The highest BCUT2D eigenvalue weighted by Crippen LogP contribution is 2.14. The molecule has 0 aliphatic heterocycles. The van der Waals surface area contributed by atoms with Crippen molar-refractivity contribution >= 4 is 11.5 Å². The third-order valence-corrected chi connectivity index (χ3v) is 2.56. The number of aliphatic hydroxyl groups excluding tert-OH is 4. The number of aromatic amines is 2. The van der Waals surface area contributed by atoms with Gasteiger partial charge in [-0.05, 0) is 0 Å². The van der Waals surface area contributed by atoms with Crippen molar-refractivity contribution in [2.24, 2.45) is 0 Å². The van der Waals surface area contributed by atoms with Gasteiger partial charge in [-0.3, -0.25) is 24.9 Å². The molecule has 0 radical (unpaired) electrons. The van der Waals surface area contributed by atoms with E-state index >= 15 is 0 Å². The number of hydrogen-bond donors (Lipinski definition) is 7. The second kappa shape index (κ2) is 6.94. The molecule has 0 aromatic carbocycles. The van der Waals surface area contributed by atoms with E-state index in [1.807, 2.05) is 4.98 Å². The predicted octanol–water partition coefficient (Wildman–Crippen LogP) is -3.54. The lowest BCUT2D eigenvalue weighted by molar-refractivity contribution is -0.385. The van der Waals surface area contributed by atoms with Crippen molar-refractivity contribution < 1.29 is 25.3 Å². The molecule has 0 aliphatic rings. The maximum atomic E-state index is 11.3. The van der Waals surface area contributed by atoms with Gasteiger partial charge in [0.1, 0.15) is 12.2 Å². The van der Waals surface area contributed by atoms with Crippen LogP contribution in [0.5, 0.6) is 0 Å². The molecule has 0 saturated heterocycles. The molecular weight excluding hydrogens is 292 g/mol. The summed E-state index contributed by atoms with van der Waals surface area (Å²) < 4.78 is 0. The van der Waals surface area contributed by atoms with E-state index in [0.717, 1.165) is 0 Å². The van der Waals surface area contributed by atoms with E-state index in [9.17, 15) is 29.9 Å². The van der Waals surface area contributed by atoms with E-state index in [4.69, 9.17) is 10.2 Å². The molecule has 118 valence electrons. The number of H-pyrrole nitrogens is 2. The summed E-state index contributed by atoms with van der Waals surface area (Å²) >= 11 is 0. The number of hydrogen-bond acceptors (Lipinski definition) is 9. The van der Waals surface area contributed by atoms with Crippen LogP contribution in [0.3, 0.4) is 0 Å². The van der Waals surface area contributed by atoms with Crippen molar-refractivity contribution in [2.75, 3.05) is 18.5 Å². The van der Waals surface area contributed by atoms with Gasteiger partial charge in [0.15, 0.2) is 5.82 Å². The van der Waals surface area contributed by atoms with Crippen LogP contribution in [0.25, 0.3) is 0 Å². The Hall–Kier alpha value is -2.28. The summed E-state index contributed by atoms with van der Waals surface area (Å²) in [5, 5.41) is 49.6. The Morgan fingerprint density at radius 3 is 2.33 bits per heavy atom. The lowest BCUT2D eigenvalue weighted by Gasteiger charge is -2.21. The van der Waals surface area contributed by atoms with Crippen molar-refractivity contribution in [2.45, 2.75) is 18.3 Å². The molecule has 0 amide bonds. The third kappa shape index (κ3) is 4.09. The molecule has 1 rings (SSSR count). The normalized spacial score (nSPS) is 15.2. The third-order valence-electron chi connectivity index (χ3n) is 2.56. The fourth-order valence-corrected chi connectivity index (χ4v) is 1.47. The van der Waals surface area contributed by atoms with Gasteiger partial charge in [0, 0.05) is 6.54 Å². The van der Waals surface area contributed by atoms with E-state index in [1.54, 1.807) is 4.98 Å². The summed E-state index contributed by atoms with van der Waals surface area (Å²) in [6, 6.07) is 0. The fourth-order valence-electron chi connectivity index (χ4n) is 1.47. The molecule has 1 aromatic rings. The van der Waals surface area contributed by atoms with Crippen LogP contribution in [0.2, 0.25) is 0 Å². The van der Waals surface area contributed by atoms with Gasteiger partial charge in [-0.1, -0.05) is 0 Å². The highest BCUT2D eigenvalue weighted by atomic mass is 16.6. The molecule has 0 bridgehead atoms. The van der Waals surface area contributed by atoms with Crippen LogP contribution in [-0.4, -0.2) is 66.8 Å². The van der Waals surface area contributed by atoms with Gasteiger partial charge in [0.2, 0.25) is 0 Å². The van der Waals surface area contributed by atoms with Gasteiger partial charge >= 0.3 is 16.9 Å². The van der Waals surface area contributed by atoms with Gasteiger partial charge in [-0.25, -0.2) is 4.79 Å². The Balaban J connectivity index is 2.92. The average Bonchev–Trinajstić information content (AvgIpc) is 2.41. The average molecular weight is 306 g/mol. The van der Waals surface area contributed by atoms with E-state index in [0.29, 0.717) is 0 Å². The lowest BCUT2D eigenvalue weighted by Crippen LogP contribution is -2.43. The quantitative estimate of drug-likeness (QED) is 0.196. The Labute approximate surface area is 115 Å². The first-order chi connectivity index (χ1) is 9.77. The molecule has 0 saturated carbocycles. The smallest absolute Gasteiger partial charge is 0.373 e. The lowest BCUT2D eigenvalue weighted by atomic mass is 10.1. The number of nitro groups is 1. The summed E-state index contributed by atoms with van der Waals surface area (Å²) in [4.78, 5) is 35.7. The Bertz CT molecular complexity index is 611. The number of nitrogens with zero attached hydrogens (tertiary/aromatic N) is 1. The molecule has 1 aromatic heterocycles. The molecular formula is C9H14N4O8. The number of rotatable bonds is 7. The molecule has 0 spiro atoms. The van der Waals surface area contributed by atoms with Crippen LogP contribution >= 0.6 is 0 Å². The monoisotopic (exact) mass is 306 g/mol. The van der Waals surface area contributed by atoms with Crippen LogP contribution in [0.1, 0.15) is 0 Å². The van der Waals surface area contributed by atoms with Crippen molar-refractivity contribution in [3.8, 4) is 0 Å². The zero-order chi connectivity index (χ0) is 16.2. The van der Waals surface area contributed by atoms with Gasteiger partial charge in [-0.2, -0.15) is 0 Å². The second-order valence-electron chi connectivity index (χ2n) is 4.08. The van der Waals surface area contributed by atoms with Gasteiger partial charge in [-0.15, -0.1) is 0 Å². The second-order valence-corrected chi connectivity index (χ2v) is 4.08. The highest BCUT2D eigenvalue weighted by Gasteiger charge is 2.26. The fraction of sp³-hybridized carbons (Fsp3) is 0.556. The van der Waals surface area contributed by atoms with Gasteiger partial charge in [0.25, 0.3) is 0 Å². The molecule has 1 heterocycles. The SMILES string of the molecule is O=c1[nH]c(NCC(O)C(O)C(O)CO)c([N+](=O)[O-])c(=O)[nH]1. The van der Waals surface area contributed by atoms with Crippen LogP contribution in [-0.2, 0) is 0 Å². The van der Waals surface area contributed by atoms with Gasteiger partial charge in [0.05, 0.1) is 17.6 Å².